The van der Waals surface area contributed by atoms with E-state index in [1.807, 2.05) is 41.8 Å². The molecule has 3 aromatic rings. The number of fused-ring (bicyclic) bond motifs is 3. The number of nitrogens with two attached hydrogens (primary N) is 1. The summed E-state index contributed by atoms with van der Waals surface area (Å²) in [5.74, 6) is -0.833. The van der Waals surface area contributed by atoms with E-state index in [0.717, 1.165) is 15.8 Å². The van der Waals surface area contributed by atoms with Gasteiger partial charge in [-0.15, -0.1) is 11.3 Å². The molecule has 2 N–H and O–H groups in total. The first-order chi connectivity index (χ1) is 13.0. The summed E-state index contributed by atoms with van der Waals surface area (Å²) in [7, 11) is 1.71. The molecule has 1 unspecified atom stereocenters. The minimum absolute atomic E-state index is 0.0299. The summed E-state index contributed by atoms with van der Waals surface area (Å²) in [6, 6.07) is 11.2. The fourth-order valence-electron chi connectivity index (χ4n) is 3.47. The van der Waals surface area contributed by atoms with Gasteiger partial charge in [0, 0.05) is 17.3 Å². The van der Waals surface area contributed by atoms with Gasteiger partial charge in [-0.25, -0.2) is 4.79 Å². The molecular formula is C20H18N2O4S. The van der Waals surface area contributed by atoms with Crippen LogP contribution in [0.1, 0.15) is 23.3 Å². The number of rotatable bonds is 3. The lowest BCUT2D eigenvalue weighted by atomic mass is 9.87. The van der Waals surface area contributed by atoms with E-state index < -0.39 is 11.9 Å². The number of para-hydroxylation sites is 1. The van der Waals surface area contributed by atoms with Crippen molar-refractivity contribution in [3.05, 3.63) is 74.0 Å². The highest BCUT2D eigenvalue weighted by atomic mass is 32.1. The second-order valence-corrected chi connectivity index (χ2v) is 7.15. The summed E-state index contributed by atoms with van der Waals surface area (Å²) < 4.78 is 12.6. The lowest BCUT2D eigenvalue weighted by Crippen LogP contribution is -2.33. The monoisotopic (exact) mass is 382 g/mol. The van der Waals surface area contributed by atoms with Crippen molar-refractivity contribution in [1.82, 2.24) is 4.57 Å². The Labute approximate surface area is 159 Å². The lowest BCUT2D eigenvalue weighted by Gasteiger charge is -2.28. The highest BCUT2D eigenvalue weighted by molar-refractivity contribution is 7.10. The predicted octanol–water partition coefficient (Wildman–Crippen LogP) is 2.86. The molecule has 4 rings (SSSR count). The average Bonchev–Trinajstić information content (AvgIpc) is 3.19. The van der Waals surface area contributed by atoms with Crippen LogP contribution < -0.4 is 16.0 Å². The van der Waals surface area contributed by atoms with Gasteiger partial charge in [-0.05, 0) is 30.5 Å². The highest BCUT2D eigenvalue weighted by Gasteiger charge is 2.39. The van der Waals surface area contributed by atoms with Gasteiger partial charge in [-0.1, -0.05) is 18.2 Å². The first-order valence-corrected chi connectivity index (χ1v) is 9.42. The second kappa shape index (κ2) is 6.59. The van der Waals surface area contributed by atoms with E-state index in [1.54, 1.807) is 18.5 Å². The molecule has 0 saturated carbocycles. The molecule has 3 heterocycles. The maximum atomic E-state index is 13.2. The van der Waals surface area contributed by atoms with E-state index >= 15 is 0 Å². The minimum atomic E-state index is -0.629. The fourth-order valence-corrected chi connectivity index (χ4v) is 4.32. The summed E-state index contributed by atoms with van der Waals surface area (Å²) in [6.07, 6.45) is 0. The molecule has 6 nitrogen and oxygen atoms in total. The van der Waals surface area contributed by atoms with Crippen LogP contribution in [0.3, 0.4) is 0 Å². The highest BCUT2D eigenvalue weighted by Crippen LogP contribution is 2.45. The number of ether oxygens (including phenoxy) is 2. The molecule has 0 spiro atoms. The van der Waals surface area contributed by atoms with Crippen LogP contribution in [0.5, 0.6) is 5.75 Å². The van der Waals surface area contributed by atoms with E-state index in [2.05, 4.69) is 0 Å². The van der Waals surface area contributed by atoms with E-state index in [4.69, 9.17) is 15.2 Å². The molecule has 0 saturated heterocycles. The number of carbonyl (C=O) groups is 1. The number of hydrogen-bond acceptors (Lipinski definition) is 6. The first-order valence-electron chi connectivity index (χ1n) is 8.54. The molecule has 2 aromatic heterocycles. The number of carbonyl (C=O) groups excluding carboxylic acids is 1. The molecule has 1 atom stereocenters. The molecule has 0 aliphatic carbocycles. The van der Waals surface area contributed by atoms with Gasteiger partial charge in [0.05, 0.1) is 23.6 Å². The molecule has 1 aliphatic heterocycles. The predicted molar refractivity (Wildman–Crippen MR) is 104 cm³/mol. The summed E-state index contributed by atoms with van der Waals surface area (Å²) >= 11 is 1.45. The number of hydrogen-bond donors (Lipinski definition) is 1. The average molecular weight is 382 g/mol. The number of thiophene rings is 1. The number of benzene rings is 1. The van der Waals surface area contributed by atoms with Gasteiger partial charge in [-0.2, -0.15) is 0 Å². The lowest BCUT2D eigenvalue weighted by molar-refractivity contribution is -0.139. The molecule has 0 fully saturated rings. The Balaban J connectivity index is 2.08. The SMILES string of the molecule is CCOC(=O)C1=C(N)Oc2c(c(=O)n(C)c3ccccc23)C1c1cccs1. The third-order valence-corrected chi connectivity index (χ3v) is 5.60. The Kier molecular flexibility index (Phi) is 4.24. The fraction of sp³-hybridized carbons (Fsp3) is 0.200. The van der Waals surface area contributed by atoms with Crippen LogP contribution >= 0.6 is 11.3 Å². The van der Waals surface area contributed by atoms with Crippen LogP contribution in [0.4, 0.5) is 0 Å². The van der Waals surface area contributed by atoms with Gasteiger partial charge in [0.15, 0.2) is 0 Å². The van der Waals surface area contributed by atoms with Gasteiger partial charge < -0.3 is 19.8 Å². The quantitative estimate of drug-likeness (QED) is 0.704. The summed E-state index contributed by atoms with van der Waals surface area (Å²) in [6.45, 7) is 1.92. The zero-order valence-electron chi connectivity index (χ0n) is 14.9. The Morgan fingerprint density at radius 3 is 2.78 bits per heavy atom. The summed E-state index contributed by atoms with van der Waals surface area (Å²) in [5, 5.41) is 2.66. The summed E-state index contributed by atoms with van der Waals surface area (Å²) in [5.41, 5.74) is 7.23. The maximum Gasteiger partial charge on any atom is 0.340 e. The molecule has 138 valence electrons. The van der Waals surface area contributed by atoms with Gasteiger partial charge in [-0.3, -0.25) is 4.79 Å². The Hall–Kier alpha value is -3.06. The van der Waals surface area contributed by atoms with Gasteiger partial charge in [0.1, 0.15) is 11.3 Å². The minimum Gasteiger partial charge on any atom is -0.462 e. The van der Waals surface area contributed by atoms with Crippen molar-refractivity contribution < 1.29 is 14.3 Å². The Morgan fingerprint density at radius 2 is 2.07 bits per heavy atom. The molecule has 0 amide bonds. The maximum absolute atomic E-state index is 13.2. The number of pyridine rings is 1. The molecule has 0 radical (unpaired) electrons. The zero-order valence-corrected chi connectivity index (χ0v) is 15.7. The van der Waals surface area contributed by atoms with Gasteiger partial charge >= 0.3 is 5.97 Å². The number of nitrogens with zero attached hydrogens (tertiary/aromatic N) is 1. The van der Waals surface area contributed by atoms with E-state index in [-0.39, 0.29) is 23.6 Å². The second-order valence-electron chi connectivity index (χ2n) is 6.17. The zero-order chi connectivity index (χ0) is 19.1. The molecule has 1 aromatic carbocycles. The third kappa shape index (κ3) is 2.62. The first kappa shape index (κ1) is 17.4. The molecule has 1 aliphatic rings. The normalized spacial score (nSPS) is 16.1. The van der Waals surface area contributed by atoms with E-state index in [9.17, 15) is 9.59 Å². The number of esters is 1. The Morgan fingerprint density at radius 1 is 1.30 bits per heavy atom. The Bertz CT molecular complexity index is 1130. The van der Waals surface area contributed by atoms with Crippen LogP contribution in [0.15, 0.2) is 58.0 Å². The topological polar surface area (TPSA) is 83.6 Å². The van der Waals surface area contributed by atoms with E-state index in [0.29, 0.717) is 11.3 Å². The number of aromatic nitrogens is 1. The molecule has 0 bridgehead atoms. The van der Waals surface area contributed by atoms with Crippen molar-refractivity contribution >= 4 is 28.2 Å². The molecule has 7 heteroatoms. The molecular weight excluding hydrogens is 364 g/mol. The van der Waals surface area contributed by atoms with Gasteiger partial charge in [0.2, 0.25) is 5.88 Å². The van der Waals surface area contributed by atoms with Crippen molar-refractivity contribution in [2.45, 2.75) is 12.8 Å². The third-order valence-electron chi connectivity index (χ3n) is 4.67. The van der Waals surface area contributed by atoms with Crippen molar-refractivity contribution in [2.75, 3.05) is 6.61 Å². The smallest absolute Gasteiger partial charge is 0.340 e. The molecule has 27 heavy (non-hydrogen) atoms. The van der Waals surface area contributed by atoms with E-state index in [1.165, 1.54) is 11.3 Å². The van der Waals surface area contributed by atoms with Crippen molar-refractivity contribution in [3.8, 4) is 5.75 Å². The van der Waals surface area contributed by atoms with Gasteiger partial charge in [0.25, 0.3) is 5.56 Å². The number of aryl methyl sites for hydroxylation is 1. The standard InChI is InChI=1S/C20H18N2O4S/c1-3-25-20(24)16-14(13-9-6-10-27-13)15-17(26-18(16)21)11-7-4-5-8-12(11)22(2)19(15)23/h4-10,14H,3,21H2,1-2H3. The van der Waals surface area contributed by atoms with Crippen LogP contribution in [0, 0.1) is 0 Å². The largest absolute Gasteiger partial charge is 0.462 e. The van der Waals surface area contributed by atoms with Crippen molar-refractivity contribution in [3.63, 3.8) is 0 Å². The van der Waals surface area contributed by atoms with Crippen molar-refractivity contribution in [2.24, 2.45) is 12.8 Å². The van der Waals surface area contributed by atoms with Crippen LogP contribution in [-0.4, -0.2) is 17.1 Å². The summed E-state index contributed by atoms with van der Waals surface area (Å²) in [4.78, 5) is 26.7. The van der Waals surface area contributed by atoms with Crippen LogP contribution in [-0.2, 0) is 16.6 Å². The van der Waals surface area contributed by atoms with Crippen LogP contribution in [0.25, 0.3) is 10.9 Å². The van der Waals surface area contributed by atoms with Crippen LogP contribution in [0.2, 0.25) is 0 Å². The van der Waals surface area contributed by atoms with Crippen molar-refractivity contribution in [1.29, 1.82) is 0 Å².